The lowest BCUT2D eigenvalue weighted by Gasteiger charge is -2.43. The fraction of sp³-hybridized carbons (Fsp3) is 0.690. The maximum Gasteiger partial charge on any atom is 0.408 e. The summed E-state index contributed by atoms with van der Waals surface area (Å²) >= 11 is 1.60. The number of aryl methyl sites for hydroxylation is 2. The van der Waals surface area contributed by atoms with Crippen molar-refractivity contribution in [2.75, 3.05) is 18.6 Å². The molecule has 37 heavy (non-hydrogen) atoms. The molecule has 8 heteroatoms. The molecule has 0 bridgehead atoms. The van der Waals surface area contributed by atoms with Gasteiger partial charge in [-0.15, -0.1) is 0 Å². The summed E-state index contributed by atoms with van der Waals surface area (Å²) in [4.78, 5) is 42.5. The zero-order chi connectivity index (χ0) is 28.4. The summed E-state index contributed by atoms with van der Waals surface area (Å²) in [6.45, 7) is 17.7. The van der Waals surface area contributed by atoms with E-state index in [1.165, 1.54) is 0 Å². The summed E-state index contributed by atoms with van der Waals surface area (Å²) in [7, 11) is 0. The van der Waals surface area contributed by atoms with E-state index in [4.69, 9.17) is 4.74 Å². The average molecular weight is 536 g/mol. The molecule has 1 rings (SSSR count). The summed E-state index contributed by atoms with van der Waals surface area (Å²) in [5.74, 6) is 0.156. The minimum Gasteiger partial charge on any atom is -0.444 e. The third-order valence-electron chi connectivity index (χ3n) is 5.96. The number of thioether (sulfide) groups is 1. The van der Waals surface area contributed by atoms with E-state index in [0.717, 1.165) is 36.0 Å². The van der Waals surface area contributed by atoms with Gasteiger partial charge in [-0.3, -0.25) is 9.59 Å². The summed E-state index contributed by atoms with van der Waals surface area (Å²) in [6.07, 6.45) is 4.68. The van der Waals surface area contributed by atoms with Gasteiger partial charge in [0.2, 0.25) is 11.8 Å². The van der Waals surface area contributed by atoms with Crippen molar-refractivity contribution < 1.29 is 19.1 Å². The van der Waals surface area contributed by atoms with Gasteiger partial charge in [-0.2, -0.15) is 11.8 Å². The Morgan fingerprint density at radius 3 is 2.11 bits per heavy atom. The highest BCUT2D eigenvalue weighted by Crippen LogP contribution is 2.34. The number of carbonyl (C=O) groups is 3. The highest BCUT2D eigenvalue weighted by atomic mass is 32.2. The Bertz CT molecular complexity index is 885. The van der Waals surface area contributed by atoms with Gasteiger partial charge in [0.05, 0.1) is 0 Å². The smallest absolute Gasteiger partial charge is 0.408 e. The van der Waals surface area contributed by atoms with E-state index in [9.17, 15) is 14.4 Å². The predicted molar refractivity (Wildman–Crippen MR) is 154 cm³/mol. The van der Waals surface area contributed by atoms with Crippen LogP contribution in [0.25, 0.3) is 0 Å². The molecule has 0 aromatic heterocycles. The minimum absolute atomic E-state index is 0.210. The van der Waals surface area contributed by atoms with Crippen LogP contribution in [0.3, 0.4) is 0 Å². The van der Waals surface area contributed by atoms with Crippen LogP contribution in [-0.4, -0.2) is 58.5 Å². The molecule has 0 heterocycles. The second kappa shape index (κ2) is 14.6. The van der Waals surface area contributed by atoms with E-state index in [0.29, 0.717) is 18.7 Å². The topological polar surface area (TPSA) is 87.7 Å². The average Bonchev–Trinajstić information content (AvgIpc) is 2.76. The van der Waals surface area contributed by atoms with Crippen LogP contribution in [0.4, 0.5) is 4.79 Å². The second-order valence-corrected chi connectivity index (χ2v) is 12.6. The maximum atomic E-state index is 14.3. The van der Waals surface area contributed by atoms with E-state index in [2.05, 4.69) is 17.6 Å². The first-order chi connectivity index (χ1) is 17.1. The highest BCUT2D eigenvalue weighted by Gasteiger charge is 2.42. The number of ether oxygens (including phenoxy) is 1. The maximum absolute atomic E-state index is 14.3. The molecule has 0 aliphatic heterocycles. The number of hydrogen-bond acceptors (Lipinski definition) is 5. The van der Waals surface area contributed by atoms with Crippen molar-refractivity contribution in [2.45, 2.75) is 111 Å². The van der Waals surface area contributed by atoms with Gasteiger partial charge in [0.1, 0.15) is 17.7 Å². The quantitative estimate of drug-likeness (QED) is 0.324. The zero-order valence-corrected chi connectivity index (χ0v) is 25.4. The number of hydrogen-bond donors (Lipinski definition) is 2. The lowest BCUT2D eigenvalue weighted by Crippen LogP contribution is -2.59. The number of nitrogens with one attached hydrogen (secondary N) is 2. The van der Waals surface area contributed by atoms with Crippen LogP contribution in [0.15, 0.2) is 18.2 Å². The molecule has 0 spiro atoms. The van der Waals surface area contributed by atoms with Crippen LogP contribution in [-0.2, 0) is 14.3 Å². The van der Waals surface area contributed by atoms with E-state index in [-0.39, 0.29) is 11.8 Å². The Hall–Kier alpha value is -2.22. The van der Waals surface area contributed by atoms with Gasteiger partial charge in [0.15, 0.2) is 0 Å². The lowest BCUT2D eigenvalue weighted by molar-refractivity contribution is -0.148. The summed E-state index contributed by atoms with van der Waals surface area (Å²) in [5, 5.41) is 5.88. The fourth-order valence-corrected chi connectivity index (χ4v) is 4.75. The van der Waals surface area contributed by atoms with Gasteiger partial charge < -0.3 is 20.3 Å². The minimum atomic E-state index is -0.840. The molecule has 0 radical (unpaired) electrons. The first-order valence-electron chi connectivity index (χ1n) is 13.3. The molecule has 2 atom stereocenters. The van der Waals surface area contributed by atoms with Crippen LogP contribution in [0.1, 0.15) is 96.9 Å². The van der Waals surface area contributed by atoms with Gasteiger partial charge in [-0.05, 0) is 96.9 Å². The van der Waals surface area contributed by atoms with Gasteiger partial charge in [-0.1, -0.05) is 38.0 Å². The summed E-state index contributed by atoms with van der Waals surface area (Å²) in [5.41, 5.74) is 1.30. The van der Waals surface area contributed by atoms with Gasteiger partial charge >= 0.3 is 6.09 Å². The Morgan fingerprint density at radius 1 is 1.03 bits per heavy atom. The first-order valence-corrected chi connectivity index (χ1v) is 14.7. The summed E-state index contributed by atoms with van der Waals surface area (Å²) < 4.78 is 5.46. The van der Waals surface area contributed by atoms with Crippen LogP contribution >= 0.6 is 11.8 Å². The third-order valence-corrected chi connectivity index (χ3v) is 6.61. The predicted octanol–water partition coefficient (Wildman–Crippen LogP) is 5.92. The molecular weight excluding hydrogens is 486 g/mol. The van der Waals surface area contributed by atoms with E-state index in [1.54, 1.807) is 37.4 Å². The number of nitrogens with zero attached hydrogens (tertiary/aromatic N) is 1. The number of rotatable bonds is 12. The molecule has 0 fully saturated rings. The van der Waals surface area contributed by atoms with Crippen LogP contribution in [0.5, 0.6) is 0 Å². The van der Waals surface area contributed by atoms with Gasteiger partial charge in [0, 0.05) is 12.1 Å². The molecule has 0 aliphatic rings. The Balaban J connectivity index is 3.57. The molecule has 210 valence electrons. The van der Waals surface area contributed by atoms with Gasteiger partial charge in [0.25, 0.3) is 0 Å². The Kier molecular flexibility index (Phi) is 13.0. The first kappa shape index (κ1) is 32.8. The lowest BCUT2D eigenvalue weighted by atomic mass is 9.90. The van der Waals surface area contributed by atoms with Crippen molar-refractivity contribution in [3.8, 4) is 0 Å². The number of carbonyl (C=O) groups excluding carboxylic acids is 3. The fourth-order valence-electron chi connectivity index (χ4n) is 4.28. The largest absolute Gasteiger partial charge is 0.444 e. The van der Waals surface area contributed by atoms with Crippen LogP contribution in [0, 0.1) is 13.8 Å². The number of unbranched alkanes of at least 4 members (excludes halogenated alkanes) is 2. The monoisotopic (exact) mass is 535 g/mol. The molecule has 1 aromatic rings. The van der Waals surface area contributed by atoms with Crippen molar-refractivity contribution in [1.29, 1.82) is 0 Å². The molecule has 7 nitrogen and oxygen atoms in total. The van der Waals surface area contributed by atoms with Crippen molar-refractivity contribution >= 4 is 29.7 Å². The number of amides is 3. The molecule has 0 saturated carbocycles. The molecule has 3 amide bonds. The molecule has 0 saturated heterocycles. The summed E-state index contributed by atoms with van der Waals surface area (Å²) in [6, 6.07) is 4.22. The second-order valence-electron chi connectivity index (χ2n) is 11.6. The molecular formula is C29H49N3O4S. The van der Waals surface area contributed by atoms with Crippen molar-refractivity contribution in [3.63, 3.8) is 0 Å². The Morgan fingerprint density at radius 2 is 1.62 bits per heavy atom. The van der Waals surface area contributed by atoms with Gasteiger partial charge in [-0.25, -0.2) is 4.79 Å². The highest BCUT2D eigenvalue weighted by molar-refractivity contribution is 7.98. The molecule has 2 N–H and O–H groups in total. The normalized spacial score (nSPS) is 13.5. The van der Waals surface area contributed by atoms with E-state index in [1.807, 2.05) is 59.1 Å². The molecule has 0 aliphatic carbocycles. The number of benzene rings is 1. The van der Waals surface area contributed by atoms with Crippen molar-refractivity contribution in [3.05, 3.63) is 34.9 Å². The van der Waals surface area contributed by atoms with Crippen molar-refractivity contribution in [2.24, 2.45) is 0 Å². The third kappa shape index (κ3) is 10.6. The SMILES string of the molecule is CCCCCNC(=O)C(c1c(C)cccc1C)N(C(=O)C(CCSC)NC(=O)OC(C)(C)C)C(C)(C)C. The molecule has 2 unspecified atom stereocenters. The number of alkyl carbamates (subject to hydrolysis) is 1. The van der Waals surface area contributed by atoms with Crippen LogP contribution in [0.2, 0.25) is 0 Å². The van der Waals surface area contributed by atoms with E-state index >= 15 is 0 Å². The molecule has 1 aromatic carbocycles. The standard InChI is InChI=1S/C29H49N3O4S/c1-11-12-13-18-30-25(33)24(23-20(2)15-14-16-21(23)3)32(28(4,5)6)26(34)22(17-19-37-10)31-27(35)36-29(7,8)9/h14-16,22,24H,11-13,17-19H2,1-10H3,(H,30,33)(H,31,35). The zero-order valence-electron chi connectivity index (χ0n) is 24.6. The van der Waals surface area contributed by atoms with Crippen molar-refractivity contribution in [1.82, 2.24) is 15.5 Å². The Labute approximate surface area is 228 Å². The van der Waals surface area contributed by atoms with E-state index < -0.39 is 29.3 Å². The van der Waals surface area contributed by atoms with Crippen LogP contribution < -0.4 is 10.6 Å².